The molecule has 1 aromatic carbocycles. The highest BCUT2D eigenvalue weighted by Gasteiger charge is 2.37. The lowest BCUT2D eigenvalue weighted by Crippen LogP contribution is -2.42. The Morgan fingerprint density at radius 3 is 2.96 bits per heavy atom. The van der Waals surface area contributed by atoms with Gasteiger partial charge in [0, 0.05) is 29.8 Å². The molecule has 1 aliphatic carbocycles. The smallest absolute Gasteiger partial charge is 0.226 e. The van der Waals surface area contributed by atoms with Gasteiger partial charge < -0.3 is 4.90 Å². The van der Waals surface area contributed by atoms with E-state index in [0.717, 1.165) is 49.3 Å². The van der Waals surface area contributed by atoms with Crippen LogP contribution < -0.4 is 0 Å². The van der Waals surface area contributed by atoms with Gasteiger partial charge in [0.25, 0.3) is 0 Å². The number of para-hydroxylation sites is 1. The highest BCUT2D eigenvalue weighted by molar-refractivity contribution is 7.18. The van der Waals surface area contributed by atoms with Crippen LogP contribution in [-0.4, -0.2) is 22.3 Å². The van der Waals surface area contributed by atoms with E-state index in [9.17, 15) is 4.79 Å². The van der Waals surface area contributed by atoms with Gasteiger partial charge in [0.2, 0.25) is 5.91 Å². The molecule has 1 saturated carbocycles. The summed E-state index contributed by atoms with van der Waals surface area (Å²) in [6.07, 6.45) is 5.48. The molecule has 26 heavy (non-hydrogen) atoms. The van der Waals surface area contributed by atoms with Crippen LogP contribution >= 0.6 is 22.7 Å². The van der Waals surface area contributed by atoms with Crippen LogP contribution in [0.2, 0.25) is 0 Å². The van der Waals surface area contributed by atoms with Crippen molar-refractivity contribution < 1.29 is 4.79 Å². The molecule has 0 spiro atoms. The van der Waals surface area contributed by atoms with E-state index in [0.29, 0.717) is 5.91 Å². The molecule has 0 unspecified atom stereocenters. The van der Waals surface area contributed by atoms with E-state index in [4.69, 9.17) is 4.98 Å². The van der Waals surface area contributed by atoms with Gasteiger partial charge >= 0.3 is 0 Å². The fraction of sp³-hybridized carbons (Fsp3) is 0.429. The van der Waals surface area contributed by atoms with Gasteiger partial charge in [-0.25, -0.2) is 4.98 Å². The summed E-state index contributed by atoms with van der Waals surface area (Å²) in [5, 5.41) is 3.32. The van der Waals surface area contributed by atoms with Crippen molar-refractivity contribution in [3.05, 3.63) is 51.2 Å². The van der Waals surface area contributed by atoms with Crippen LogP contribution in [0.15, 0.2) is 35.7 Å². The highest BCUT2D eigenvalue weighted by Crippen LogP contribution is 2.42. The largest absolute Gasteiger partial charge is 0.338 e. The molecule has 2 atom stereocenters. The molecule has 1 fully saturated rings. The Hall–Kier alpha value is -1.72. The van der Waals surface area contributed by atoms with Gasteiger partial charge in [-0.2, -0.15) is 0 Å². The molecule has 0 radical (unpaired) electrons. The summed E-state index contributed by atoms with van der Waals surface area (Å²) in [6.45, 7) is 1.66. The fourth-order valence-corrected chi connectivity index (χ4v) is 6.50. The number of hydrogen-bond acceptors (Lipinski definition) is 4. The van der Waals surface area contributed by atoms with Gasteiger partial charge in [-0.05, 0) is 48.4 Å². The molecular formula is C21H22N2OS2. The molecule has 3 nitrogen and oxygen atoms in total. The number of hydrogen-bond donors (Lipinski definition) is 0. The second-order valence-electron chi connectivity index (χ2n) is 7.40. The number of carbonyl (C=O) groups excluding carboxylic acids is 1. The predicted molar refractivity (Wildman–Crippen MR) is 108 cm³/mol. The van der Waals surface area contributed by atoms with Crippen LogP contribution in [0, 0.1) is 5.92 Å². The number of nitrogens with zero attached hydrogens (tertiary/aromatic N) is 2. The Kier molecular flexibility index (Phi) is 4.29. The average Bonchev–Trinajstić information content (AvgIpc) is 3.33. The number of carbonyl (C=O) groups is 1. The van der Waals surface area contributed by atoms with Crippen molar-refractivity contribution in [1.29, 1.82) is 0 Å². The van der Waals surface area contributed by atoms with Gasteiger partial charge in [-0.15, -0.1) is 22.7 Å². The second kappa shape index (κ2) is 6.78. The van der Waals surface area contributed by atoms with Crippen molar-refractivity contribution >= 4 is 38.8 Å². The van der Waals surface area contributed by atoms with Gasteiger partial charge in [0.05, 0.1) is 15.2 Å². The van der Waals surface area contributed by atoms with E-state index in [2.05, 4.69) is 34.5 Å². The molecule has 3 aromatic rings. The lowest BCUT2D eigenvalue weighted by atomic mass is 9.78. The molecule has 2 aromatic heterocycles. The van der Waals surface area contributed by atoms with Crippen molar-refractivity contribution in [2.45, 2.75) is 44.6 Å². The van der Waals surface area contributed by atoms with Crippen LogP contribution in [0.1, 0.15) is 47.0 Å². The van der Waals surface area contributed by atoms with Gasteiger partial charge in [-0.3, -0.25) is 4.79 Å². The first-order valence-corrected chi connectivity index (χ1v) is 11.2. The monoisotopic (exact) mass is 382 g/mol. The third-order valence-electron chi connectivity index (χ3n) is 5.83. The van der Waals surface area contributed by atoms with Crippen molar-refractivity contribution in [3.8, 4) is 0 Å². The third kappa shape index (κ3) is 2.87. The molecule has 0 bridgehead atoms. The molecule has 134 valence electrons. The summed E-state index contributed by atoms with van der Waals surface area (Å²) in [4.78, 5) is 21.8. The summed E-state index contributed by atoms with van der Waals surface area (Å²) in [5.74, 6) is 0.743. The first-order chi connectivity index (χ1) is 12.8. The lowest BCUT2D eigenvalue weighted by Gasteiger charge is -2.35. The number of benzene rings is 1. The minimum Gasteiger partial charge on any atom is -0.338 e. The fourth-order valence-electron chi connectivity index (χ4n) is 4.44. The zero-order chi connectivity index (χ0) is 17.5. The van der Waals surface area contributed by atoms with Crippen LogP contribution in [0.4, 0.5) is 0 Å². The van der Waals surface area contributed by atoms with Crippen LogP contribution in [0.3, 0.4) is 0 Å². The summed E-state index contributed by atoms with van der Waals surface area (Å²) < 4.78 is 1.24. The molecule has 5 rings (SSSR count). The van der Waals surface area contributed by atoms with E-state index in [1.807, 2.05) is 17.4 Å². The van der Waals surface area contributed by atoms with Crippen molar-refractivity contribution in [2.75, 3.05) is 6.54 Å². The summed E-state index contributed by atoms with van der Waals surface area (Å²) in [5.41, 5.74) is 2.42. The number of fused-ring (bicyclic) bond motifs is 2. The number of thiazole rings is 1. The molecule has 1 aliphatic heterocycles. The standard InChI is InChI=1S/C21H22N2OS2/c24-21(23-11-9-18-14(13-23)10-12-25-18)16-6-2-1-5-15(16)20-22-17-7-3-4-8-19(17)26-20/h3-4,7-8,10,12,15-16H,1-2,5-6,9,11,13H2/t15-,16+/m1/s1. The number of thiophene rings is 1. The minimum atomic E-state index is 0.101. The van der Waals surface area contributed by atoms with E-state index >= 15 is 0 Å². The van der Waals surface area contributed by atoms with Gasteiger partial charge in [0.15, 0.2) is 0 Å². The molecule has 1 amide bonds. The maximum absolute atomic E-state index is 13.4. The van der Waals surface area contributed by atoms with Crippen molar-refractivity contribution in [2.24, 2.45) is 5.92 Å². The Labute approximate surface area is 161 Å². The van der Waals surface area contributed by atoms with Crippen LogP contribution in [0.25, 0.3) is 10.2 Å². The van der Waals surface area contributed by atoms with Gasteiger partial charge in [0.1, 0.15) is 0 Å². The van der Waals surface area contributed by atoms with Crippen LogP contribution in [-0.2, 0) is 17.8 Å². The molecule has 2 aliphatic rings. The van der Waals surface area contributed by atoms with Crippen LogP contribution in [0.5, 0.6) is 0 Å². The van der Waals surface area contributed by atoms with E-state index in [-0.39, 0.29) is 11.8 Å². The quantitative estimate of drug-likeness (QED) is 0.609. The van der Waals surface area contributed by atoms with E-state index < -0.39 is 0 Å². The highest BCUT2D eigenvalue weighted by atomic mass is 32.1. The van der Waals surface area contributed by atoms with Crippen molar-refractivity contribution in [3.63, 3.8) is 0 Å². The normalized spacial score (nSPS) is 23.2. The second-order valence-corrected chi connectivity index (χ2v) is 9.46. The third-order valence-corrected chi connectivity index (χ3v) is 8.02. The number of aromatic nitrogens is 1. The number of rotatable bonds is 2. The first-order valence-electron chi connectivity index (χ1n) is 9.49. The maximum atomic E-state index is 13.4. The Bertz CT molecular complexity index is 911. The topological polar surface area (TPSA) is 33.2 Å². The first kappa shape index (κ1) is 16.5. The molecular weight excluding hydrogens is 360 g/mol. The maximum Gasteiger partial charge on any atom is 0.226 e. The van der Waals surface area contributed by atoms with Crippen molar-refractivity contribution in [1.82, 2.24) is 9.88 Å². The summed E-state index contributed by atoms with van der Waals surface area (Å²) >= 11 is 3.61. The Morgan fingerprint density at radius 1 is 1.15 bits per heavy atom. The zero-order valence-electron chi connectivity index (χ0n) is 14.7. The molecule has 3 heterocycles. The summed E-state index contributed by atoms with van der Waals surface area (Å²) in [7, 11) is 0. The van der Waals surface area contributed by atoms with E-state index in [1.54, 1.807) is 11.3 Å². The van der Waals surface area contributed by atoms with E-state index in [1.165, 1.54) is 21.6 Å². The average molecular weight is 383 g/mol. The molecule has 5 heteroatoms. The van der Waals surface area contributed by atoms with Gasteiger partial charge in [-0.1, -0.05) is 25.0 Å². The Balaban J connectivity index is 1.41. The SMILES string of the molecule is O=C([C@H]1CCCC[C@H]1c1nc2ccccc2s1)N1CCc2sccc2C1. The Morgan fingerprint density at radius 2 is 2.04 bits per heavy atom. The molecule has 0 saturated heterocycles. The minimum absolute atomic E-state index is 0.101. The summed E-state index contributed by atoms with van der Waals surface area (Å²) in [6, 6.07) is 10.5. The molecule has 0 N–H and O–H groups in total. The number of amides is 1. The zero-order valence-corrected chi connectivity index (χ0v) is 16.3. The predicted octanol–water partition coefficient (Wildman–Crippen LogP) is 5.22. The lowest BCUT2D eigenvalue weighted by molar-refractivity contribution is -0.138.